The van der Waals surface area contributed by atoms with E-state index in [-0.39, 0.29) is 29.8 Å². The van der Waals surface area contributed by atoms with E-state index in [1.807, 2.05) is 68.7 Å². The van der Waals surface area contributed by atoms with Crippen LogP contribution in [0.5, 0.6) is 0 Å². The van der Waals surface area contributed by atoms with Gasteiger partial charge in [-0.05, 0) is 49.0 Å². The molecule has 7 heteroatoms. The Hall–Kier alpha value is -2.74. The zero-order valence-electron chi connectivity index (χ0n) is 17.9. The number of carbonyl (C=O) groups excluding carboxylic acids is 1. The number of likely N-dealkylation sites (N-methyl/N-ethyl adjacent to an activating group) is 1. The number of carbonyl (C=O) groups is 1. The molecule has 0 aromatic heterocycles. The van der Waals surface area contributed by atoms with Crippen LogP contribution < -0.4 is 10.0 Å². The van der Waals surface area contributed by atoms with Gasteiger partial charge in [-0.15, -0.1) is 0 Å². The Morgan fingerprint density at radius 1 is 0.935 bits per heavy atom. The van der Waals surface area contributed by atoms with Crippen LogP contribution in [0.2, 0.25) is 0 Å². The van der Waals surface area contributed by atoms with Gasteiger partial charge in [0.2, 0.25) is 15.9 Å². The highest BCUT2D eigenvalue weighted by atomic mass is 32.2. The first-order valence-electron chi connectivity index (χ1n) is 10.3. The molecule has 0 radical (unpaired) electrons. The van der Waals surface area contributed by atoms with E-state index in [1.165, 1.54) is 0 Å². The summed E-state index contributed by atoms with van der Waals surface area (Å²) < 4.78 is 27.7. The van der Waals surface area contributed by atoms with Gasteiger partial charge in [-0.25, -0.2) is 13.1 Å². The summed E-state index contributed by atoms with van der Waals surface area (Å²) in [5.74, 6) is -0.0901. The highest BCUT2D eigenvalue weighted by molar-refractivity contribution is 7.89. The minimum absolute atomic E-state index is 0.0801. The number of hydrogen-bond donors (Lipinski definition) is 2. The summed E-state index contributed by atoms with van der Waals surface area (Å²) in [6.07, 6.45) is 0.686. The van der Waals surface area contributed by atoms with Crippen LogP contribution in [0.15, 0.2) is 77.7 Å². The normalized spacial score (nSPS) is 12.7. The molecule has 0 aliphatic carbocycles. The second-order valence-corrected chi connectivity index (χ2v) is 9.47. The van der Waals surface area contributed by atoms with E-state index >= 15 is 0 Å². The van der Waals surface area contributed by atoms with E-state index in [4.69, 9.17) is 0 Å². The van der Waals surface area contributed by atoms with Gasteiger partial charge in [0.15, 0.2) is 0 Å². The number of amides is 1. The van der Waals surface area contributed by atoms with E-state index in [2.05, 4.69) is 14.9 Å². The quantitative estimate of drug-likeness (QED) is 0.475. The third-order valence-electron chi connectivity index (χ3n) is 5.20. The maximum atomic E-state index is 12.6. The van der Waals surface area contributed by atoms with Crippen LogP contribution in [-0.4, -0.2) is 46.4 Å². The Morgan fingerprint density at radius 3 is 2.32 bits per heavy atom. The Bertz CT molecular complexity index is 1120. The Morgan fingerprint density at radius 2 is 1.61 bits per heavy atom. The molecule has 0 heterocycles. The molecule has 3 aromatic rings. The molecule has 0 aliphatic rings. The minimum atomic E-state index is -3.61. The highest BCUT2D eigenvalue weighted by Gasteiger charge is 2.16. The average molecular weight is 440 g/mol. The lowest BCUT2D eigenvalue weighted by atomic mass is 10.1. The summed E-state index contributed by atoms with van der Waals surface area (Å²) in [6.45, 7) is 0.705. The van der Waals surface area contributed by atoms with Crippen molar-refractivity contribution >= 4 is 26.7 Å². The molecule has 3 rings (SSSR count). The van der Waals surface area contributed by atoms with Crippen LogP contribution in [0.1, 0.15) is 24.4 Å². The van der Waals surface area contributed by atoms with Gasteiger partial charge in [-0.3, -0.25) is 4.79 Å². The lowest BCUT2D eigenvalue weighted by Gasteiger charge is -2.25. The molecule has 1 atom stereocenters. The first kappa shape index (κ1) is 22.9. The maximum Gasteiger partial charge on any atom is 0.240 e. The van der Waals surface area contributed by atoms with Crippen molar-refractivity contribution in [3.63, 3.8) is 0 Å². The van der Waals surface area contributed by atoms with Crippen LogP contribution in [0.25, 0.3) is 10.8 Å². The van der Waals surface area contributed by atoms with Crippen molar-refractivity contribution in [3.05, 3.63) is 78.4 Å². The summed E-state index contributed by atoms with van der Waals surface area (Å²) in [5.41, 5.74) is 1.14. The molecular weight excluding hydrogens is 410 g/mol. The van der Waals surface area contributed by atoms with Gasteiger partial charge in [0.05, 0.1) is 10.9 Å². The number of fused-ring (bicyclic) bond motifs is 1. The summed E-state index contributed by atoms with van der Waals surface area (Å²) in [4.78, 5) is 14.5. The molecule has 1 amide bonds. The molecule has 0 saturated carbocycles. The fourth-order valence-corrected chi connectivity index (χ4v) is 4.56. The zero-order valence-corrected chi connectivity index (χ0v) is 18.7. The third-order valence-corrected chi connectivity index (χ3v) is 6.66. The third kappa shape index (κ3) is 6.37. The minimum Gasteiger partial charge on any atom is -0.354 e. The van der Waals surface area contributed by atoms with Crippen molar-refractivity contribution in [2.75, 3.05) is 27.2 Å². The molecule has 6 nitrogen and oxygen atoms in total. The van der Waals surface area contributed by atoms with E-state index in [9.17, 15) is 13.2 Å². The number of nitrogens with zero attached hydrogens (tertiary/aromatic N) is 1. The Balaban J connectivity index is 1.46. The standard InChI is InChI=1S/C24H29N3O3S/c1-27(2)23(20-10-4-3-5-11-20)18-25-24(28)13-8-16-26-31(29,30)22-15-14-19-9-6-7-12-21(19)17-22/h3-7,9-12,14-15,17,23,26H,8,13,16,18H2,1-2H3,(H,25,28)/t23-/m0/s1. The van der Waals surface area contributed by atoms with Gasteiger partial charge in [0, 0.05) is 19.5 Å². The van der Waals surface area contributed by atoms with Crippen molar-refractivity contribution in [2.24, 2.45) is 0 Å². The maximum absolute atomic E-state index is 12.6. The van der Waals surface area contributed by atoms with Gasteiger partial charge in [0.25, 0.3) is 0 Å². The largest absolute Gasteiger partial charge is 0.354 e. The molecule has 164 valence electrons. The van der Waals surface area contributed by atoms with E-state index in [0.29, 0.717) is 13.0 Å². The van der Waals surface area contributed by atoms with E-state index in [0.717, 1.165) is 16.3 Å². The first-order valence-corrected chi connectivity index (χ1v) is 11.8. The zero-order chi connectivity index (χ0) is 22.3. The van der Waals surface area contributed by atoms with Crippen LogP contribution in [0.3, 0.4) is 0 Å². The smallest absolute Gasteiger partial charge is 0.240 e. The van der Waals surface area contributed by atoms with Crippen molar-refractivity contribution in [2.45, 2.75) is 23.8 Å². The molecule has 0 fully saturated rings. The number of nitrogens with one attached hydrogen (secondary N) is 2. The molecule has 0 aliphatic heterocycles. The molecule has 2 N–H and O–H groups in total. The van der Waals surface area contributed by atoms with Crippen LogP contribution in [-0.2, 0) is 14.8 Å². The van der Waals surface area contributed by atoms with Gasteiger partial charge >= 0.3 is 0 Å². The molecule has 0 spiro atoms. The Kier molecular flexibility index (Phi) is 7.79. The van der Waals surface area contributed by atoms with Crippen molar-refractivity contribution in [3.8, 4) is 0 Å². The molecule has 0 bridgehead atoms. The van der Waals surface area contributed by atoms with Crippen molar-refractivity contribution in [1.82, 2.24) is 14.9 Å². The molecular formula is C24H29N3O3S. The van der Waals surface area contributed by atoms with E-state index < -0.39 is 10.0 Å². The number of benzene rings is 3. The summed E-state index contributed by atoms with van der Waals surface area (Å²) in [7, 11) is 0.344. The van der Waals surface area contributed by atoms with Crippen LogP contribution >= 0.6 is 0 Å². The van der Waals surface area contributed by atoms with Gasteiger partial charge < -0.3 is 10.2 Å². The average Bonchev–Trinajstić information content (AvgIpc) is 2.77. The van der Waals surface area contributed by atoms with Crippen LogP contribution in [0, 0.1) is 0 Å². The second-order valence-electron chi connectivity index (χ2n) is 7.70. The van der Waals surface area contributed by atoms with Gasteiger partial charge in [-0.1, -0.05) is 60.7 Å². The fraction of sp³-hybridized carbons (Fsp3) is 0.292. The SMILES string of the molecule is CN(C)[C@@H](CNC(=O)CCCNS(=O)(=O)c1ccc2ccccc2c1)c1ccccc1. The van der Waals surface area contributed by atoms with Gasteiger partial charge in [0.1, 0.15) is 0 Å². The monoisotopic (exact) mass is 439 g/mol. The topological polar surface area (TPSA) is 78.5 Å². The highest BCUT2D eigenvalue weighted by Crippen LogP contribution is 2.19. The predicted octanol–water partition coefficient (Wildman–Crippen LogP) is 3.32. The summed E-state index contributed by atoms with van der Waals surface area (Å²) in [5, 5.41) is 4.82. The molecule has 0 saturated heterocycles. The molecule has 3 aromatic carbocycles. The summed E-state index contributed by atoms with van der Waals surface area (Å²) >= 11 is 0. The summed E-state index contributed by atoms with van der Waals surface area (Å²) in [6, 6.07) is 22.8. The molecule has 31 heavy (non-hydrogen) atoms. The number of sulfonamides is 1. The van der Waals surface area contributed by atoms with Crippen molar-refractivity contribution in [1.29, 1.82) is 0 Å². The van der Waals surface area contributed by atoms with E-state index in [1.54, 1.807) is 18.2 Å². The lowest BCUT2D eigenvalue weighted by Crippen LogP contribution is -2.35. The predicted molar refractivity (Wildman–Crippen MR) is 124 cm³/mol. The molecule has 0 unspecified atom stereocenters. The van der Waals surface area contributed by atoms with Gasteiger partial charge in [-0.2, -0.15) is 0 Å². The lowest BCUT2D eigenvalue weighted by molar-refractivity contribution is -0.121. The Labute approximate surface area is 184 Å². The fourth-order valence-electron chi connectivity index (χ4n) is 3.45. The first-order chi connectivity index (χ1) is 14.9. The second kappa shape index (κ2) is 10.5. The van der Waals surface area contributed by atoms with Crippen LogP contribution in [0.4, 0.5) is 0 Å². The van der Waals surface area contributed by atoms with Crippen molar-refractivity contribution < 1.29 is 13.2 Å². The number of rotatable bonds is 10. The number of hydrogen-bond acceptors (Lipinski definition) is 4.